The topological polar surface area (TPSA) is 38.8 Å². The van der Waals surface area contributed by atoms with Gasteiger partial charge in [-0.3, -0.25) is 0 Å². The maximum Gasteiger partial charge on any atom is 0.573 e. The van der Waals surface area contributed by atoms with E-state index in [1.807, 2.05) is 18.2 Å². The molecule has 2 aromatic rings. The molecule has 4 nitrogen and oxygen atoms in total. The van der Waals surface area contributed by atoms with Crippen LogP contribution in [-0.4, -0.2) is 30.5 Å². The van der Waals surface area contributed by atoms with Crippen molar-refractivity contribution in [3.05, 3.63) is 71.8 Å². The fourth-order valence-electron chi connectivity index (χ4n) is 2.99. The summed E-state index contributed by atoms with van der Waals surface area (Å²) in [6.45, 7) is 1.25. The molecule has 0 spiro atoms. The van der Waals surface area contributed by atoms with Crippen LogP contribution in [-0.2, 0) is 4.84 Å². The lowest BCUT2D eigenvalue weighted by Gasteiger charge is -2.29. The molecule has 1 unspecified atom stereocenters. The summed E-state index contributed by atoms with van der Waals surface area (Å²) in [6.07, 6.45) is 0.980. The van der Waals surface area contributed by atoms with Gasteiger partial charge in [-0.2, -0.15) is 0 Å². The number of ether oxygens (including phenoxy) is 1. The molecule has 1 saturated heterocycles. The van der Waals surface area contributed by atoms with Crippen molar-refractivity contribution in [1.82, 2.24) is 5.06 Å². The molecule has 7 heteroatoms. The Hall–Kier alpha value is -2.80. The van der Waals surface area contributed by atoms with Gasteiger partial charge in [0.05, 0.1) is 5.56 Å². The fourth-order valence-corrected chi connectivity index (χ4v) is 2.99. The number of benzene rings is 2. The van der Waals surface area contributed by atoms with Crippen LogP contribution in [0.4, 0.5) is 13.2 Å². The van der Waals surface area contributed by atoms with Gasteiger partial charge in [-0.25, -0.2) is 4.79 Å². The smallest absolute Gasteiger partial charge is 0.406 e. The van der Waals surface area contributed by atoms with Gasteiger partial charge in [-0.15, -0.1) is 18.2 Å². The quantitative estimate of drug-likeness (QED) is 0.712. The van der Waals surface area contributed by atoms with Crippen LogP contribution in [0, 0.1) is 5.92 Å². The Morgan fingerprint density at radius 3 is 2.46 bits per heavy atom. The van der Waals surface area contributed by atoms with E-state index in [1.54, 1.807) is 41.5 Å². The van der Waals surface area contributed by atoms with E-state index in [2.05, 4.69) is 4.74 Å². The van der Waals surface area contributed by atoms with Gasteiger partial charge in [0.1, 0.15) is 5.75 Å². The Morgan fingerprint density at radius 1 is 1.07 bits per heavy atom. The van der Waals surface area contributed by atoms with E-state index >= 15 is 0 Å². The molecule has 0 bridgehead atoms. The summed E-state index contributed by atoms with van der Waals surface area (Å²) in [7, 11) is 0. The molecule has 0 aromatic heterocycles. The molecule has 0 N–H and O–H groups in total. The third-order valence-electron chi connectivity index (χ3n) is 4.32. The van der Waals surface area contributed by atoms with Gasteiger partial charge in [-0.05, 0) is 48.6 Å². The zero-order chi connectivity index (χ0) is 20.0. The normalized spacial score (nSPS) is 18.2. The first-order valence-electron chi connectivity index (χ1n) is 8.95. The predicted molar refractivity (Wildman–Crippen MR) is 98.3 cm³/mol. The molecule has 3 rings (SSSR count). The van der Waals surface area contributed by atoms with Crippen molar-refractivity contribution in [2.45, 2.75) is 19.2 Å². The number of rotatable bonds is 5. The van der Waals surface area contributed by atoms with Gasteiger partial charge >= 0.3 is 12.3 Å². The number of carbonyl (C=O) groups is 1. The van der Waals surface area contributed by atoms with Crippen LogP contribution in [0.5, 0.6) is 5.75 Å². The van der Waals surface area contributed by atoms with Crippen LogP contribution in [0.15, 0.2) is 60.7 Å². The number of nitrogens with zero attached hydrogens (tertiary/aromatic N) is 1. The van der Waals surface area contributed by atoms with Crippen LogP contribution in [0.1, 0.15) is 28.8 Å². The summed E-state index contributed by atoms with van der Waals surface area (Å²) >= 11 is 0. The highest BCUT2D eigenvalue weighted by molar-refractivity contribution is 5.89. The second-order valence-electron chi connectivity index (χ2n) is 6.51. The van der Waals surface area contributed by atoms with Crippen molar-refractivity contribution < 1.29 is 27.5 Å². The summed E-state index contributed by atoms with van der Waals surface area (Å²) in [5.41, 5.74) is 1.27. The first-order valence-corrected chi connectivity index (χ1v) is 8.95. The molecular formula is C21H20F3NO3. The molecule has 0 saturated carbocycles. The van der Waals surface area contributed by atoms with Gasteiger partial charge in [-0.1, -0.05) is 42.5 Å². The van der Waals surface area contributed by atoms with Crippen molar-refractivity contribution in [3.63, 3.8) is 0 Å². The summed E-state index contributed by atoms with van der Waals surface area (Å²) in [5, 5.41) is 1.66. The molecule has 0 radical (unpaired) electrons. The molecule has 1 fully saturated rings. The lowest BCUT2D eigenvalue weighted by molar-refractivity contribution is -0.274. The first-order chi connectivity index (χ1) is 13.4. The molecule has 1 aliphatic rings. The average molecular weight is 391 g/mol. The van der Waals surface area contributed by atoms with Crippen molar-refractivity contribution in [2.24, 2.45) is 5.92 Å². The molecule has 2 aromatic carbocycles. The van der Waals surface area contributed by atoms with Crippen LogP contribution in [0.2, 0.25) is 0 Å². The minimum Gasteiger partial charge on any atom is -0.406 e. The Morgan fingerprint density at radius 2 is 1.79 bits per heavy atom. The summed E-state index contributed by atoms with van der Waals surface area (Å²) in [4.78, 5) is 17.6. The summed E-state index contributed by atoms with van der Waals surface area (Å²) in [5.74, 6) is -0.449. The van der Waals surface area contributed by atoms with Gasteiger partial charge in [0, 0.05) is 13.1 Å². The second-order valence-corrected chi connectivity index (χ2v) is 6.51. The number of carbonyl (C=O) groups excluding carboxylic acids is 1. The molecular weight excluding hydrogens is 371 g/mol. The van der Waals surface area contributed by atoms with Gasteiger partial charge in [0.15, 0.2) is 0 Å². The van der Waals surface area contributed by atoms with Crippen molar-refractivity contribution >= 4 is 12.0 Å². The van der Waals surface area contributed by atoms with Crippen LogP contribution >= 0.6 is 0 Å². The third-order valence-corrected chi connectivity index (χ3v) is 4.32. The van der Waals surface area contributed by atoms with Crippen molar-refractivity contribution in [3.8, 4) is 5.75 Å². The van der Waals surface area contributed by atoms with Crippen molar-refractivity contribution in [2.75, 3.05) is 13.1 Å². The van der Waals surface area contributed by atoms with E-state index in [0.29, 0.717) is 18.7 Å². The highest BCUT2D eigenvalue weighted by Gasteiger charge is 2.30. The molecule has 1 heterocycles. The van der Waals surface area contributed by atoms with Gasteiger partial charge < -0.3 is 9.57 Å². The summed E-state index contributed by atoms with van der Waals surface area (Å²) < 4.78 is 40.4. The monoisotopic (exact) mass is 391 g/mol. The van der Waals surface area contributed by atoms with Crippen LogP contribution in [0.3, 0.4) is 0 Å². The van der Waals surface area contributed by atoms with Crippen LogP contribution in [0.25, 0.3) is 6.08 Å². The summed E-state index contributed by atoms with van der Waals surface area (Å²) in [6, 6.07) is 14.5. The number of piperidine rings is 1. The van der Waals surface area contributed by atoms with Gasteiger partial charge in [0.2, 0.25) is 0 Å². The lowest BCUT2D eigenvalue weighted by Crippen LogP contribution is -2.36. The van der Waals surface area contributed by atoms with E-state index in [1.165, 1.54) is 12.1 Å². The average Bonchev–Trinajstić information content (AvgIpc) is 2.67. The zero-order valence-corrected chi connectivity index (χ0v) is 15.1. The Balaban J connectivity index is 1.53. The SMILES string of the molecule is O=C(ON1CCCC(/C=C/c2ccc(OC(F)(F)F)cc2)C1)c1ccccc1. The molecule has 1 atom stereocenters. The Kier molecular flexibility index (Phi) is 6.36. The maximum absolute atomic E-state index is 12.2. The Labute approximate surface area is 161 Å². The molecule has 0 aliphatic carbocycles. The molecule has 148 valence electrons. The molecule has 28 heavy (non-hydrogen) atoms. The second kappa shape index (κ2) is 8.93. The van der Waals surface area contributed by atoms with E-state index in [-0.39, 0.29) is 17.6 Å². The highest BCUT2D eigenvalue weighted by atomic mass is 19.4. The number of hydrogen-bond donors (Lipinski definition) is 0. The predicted octanol–water partition coefficient (Wildman–Crippen LogP) is 5.08. The molecule has 1 aliphatic heterocycles. The number of halogens is 3. The molecule has 0 amide bonds. The zero-order valence-electron chi connectivity index (χ0n) is 15.1. The fraction of sp³-hybridized carbons (Fsp3) is 0.286. The van der Waals surface area contributed by atoms with E-state index in [9.17, 15) is 18.0 Å². The Bertz CT molecular complexity index is 804. The van der Waals surface area contributed by atoms with E-state index in [0.717, 1.165) is 18.4 Å². The van der Waals surface area contributed by atoms with E-state index in [4.69, 9.17) is 4.84 Å². The van der Waals surface area contributed by atoms with Crippen molar-refractivity contribution in [1.29, 1.82) is 0 Å². The first kappa shape index (κ1) is 19.9. The minimum atomic E-state index is -4.69. The number of hydrogen-bond acceptors (Lipinski definition) is 4. The maximum atomic E-state index is 12.2. The lowest BCUT2D eigenvalue weighted by atomic mass is 9.98. The van der Waals surface area contributed by atoms with Gasteiger partial charge in [0.25, 0.3) is 0 Å². The van der Waals surface area contributed by atoms with Crippen LogP contribution < -0.4 is 4.74 Å². The third kappa shape index (κ3) is 6.13. The number of hydroxylamine groups is 2. The number of alkyl halides is 3. The highest BCUT2D eigenvalue weighted by Crippen LogP contribution is 2.24. The minimum absolute atomic E-state index is 0.184. The standard InChI is InChI=1S/C21H20F3NO3/c22-21(23,24)27-19-12-10-16(11-13-19)8-9-17-5-4-14-25(15-17)28-20(26)18-6-2-1-3-7-18/h1-3,6-13,17H,4-5,14-15H2/b9-8+. The van der Waals surface area contributed by atoms with E-state index < -0.39 is 6.36 Å². The largest absolute Gasteiger partial charge is 0.573 e.